The van der Waals surface area contributed by atoms with E-state index in [2.05, 4.69) is 10.9 Å². The van der Waals surface area contributed by atoms with Gasteiger partial charge >= 0.3 is 0 Å². The molecule has 0 saturated heterocycles. The van der Waals surface area contributed by atoms with Gasteiger partial charge in [-0.3, -0.25) is 30.0 Å². The number of hydrogen-bond acceptors (Lipinski definition) is 6. The molecule has 4 N–H and O–H groups in total. The molecule has 62 heavy (non-hydrogen) atoms. The van der Waals surface area contributed by atoms with E-state index in [1.165, 1.54) is 12.1 Å². The van der Waals surface area contributed by atoms with E-state index in [-0.39, 0.29) is 44.8 Å². The zero-order valence-electron chi connectivity index (χ0n) is 34.7. The van der Waals surface area contributed by atoms with Gasteiger partial charge in [0.2, 0.25) is 0 Å². The maximum atomic E-state index is 15.0. The number of hydrazine groups is 2. The summed E-state index contributed by atoms with van der Waals surface area (Å²) in [4.78, 5) is 59.3. The molecule has 10 heteroatoms. The number of nitrogens with zero attached hydrogens (tertiary/aromatic N) is 2. The number of nitrogens with one attached hydrogen (secondary N) is 2. The minimum atomic E-state index is -2.26. The largest absolute Gasteiger partial charge is 0.372 e. The van der Waals surface area contributed by atoms with Crippen molar-refractivity contribution in [1.82, 2.24) is 10.9 Å². The van der Waals surface area contributed by atoms with Crippen molar-refractivity contribution in [3.05, 3.63) is 238 Å². The van der Waals surface area contributed by atoms with Gasteiger partial charge in [-0.1, -0.05) is 168 Å². The number of aliphatic hydroxyl groups is 2. The summed E-state index contributed by atoms with van der Waals surface area (Å²) in [7, 11) is 0. The minimum absolute atomic E-state index is 0.140. The smallest absolute Gasteiger partial charge is 0.280 e. The lowest BCUT2D eigenvalue weighted by molar-refractivity contribution is -0.137. The molecule has 0 atom stereocenters. The van der Waals surface area contributed by atoms with E-state index in [0.29, 0.717) is 0 Å². The lowest BCUT2D eigenvalue weighted by Gasteiger charge is -2.33. The first-order valence-corrected chi connectivity index (χ1v) is 20.0. The summed E-state index contributed by atoms with van der Waals surface area (Å²) in [6.07, 6.45) is 0. The van der Waals surface area contributed by atoms with E-state index in [4.69, 9.17) is 0 Å². The van der Waals surface area contributed by atoms with Gasteiger partial charge in [0.15, 0.2) is 11.2 Å². The van der Waals surface area contributed by atoms with Crippen LogP contribution in [0.5, 0.6) is 0 Å². The molecule has 0 aliphatic rings. The Morgan fingerprint density at radius 1 is 0.371 bits per heavy atom. The molecule has 0 bridgehead atoms. The zero-order valence-corrected chi connectivity index (χ0v) is 34.7. The van der Waals surface area contributed by atoms with E-state index in [0.717, 1.165) is 32.3 Å². The van der Waals surface area contributed by atoms with Crippen molar-refractivity contribution in [3.8, 4) is 0 Å². The summed E-state index contributed by atoms with van der Waals surface area (Å²) in [5.41, 5.74) is 5.78. The van der Waals surface area contributed by atoms with Gasteiger partial charge in [-0.25, -0.2) is 10.0 Å². The van der Waals surface area contributed by atoms with Crippen molar-refractivity contribution in [2.45, 2.75) is 38.9 Å². The standard InChI is InChI=1S/C52H46N4O6/c1-35-19-27-39(28-20-35)51(61,40-29-21-36(2)22-30-40)49(59)53-55(43-13-7-5-8-14-43)47(57)45-17-11-12-18-46(45)48(58)56(44-15-9-6-10-16-44)54-50(60)52(62,41-31-23-37(3)24-32-41)42-33-25-38(4)26-34-42/h5-34,61-62H,1-4H3,(H,53,59)(H,54,60). The van der Waals surface area contributed by atoms with Crippen molar-refractivity contribution in [3.63, 3.8) is 0 Å². The molecular formula is C52H46N4O6. The number of rotatable bonds is 10. The van der Waals surface area contributed by atoms with Gasteiger partial charge in [0.05, 0.1) is 22.5 Å². The third-order valence-electron chi connectivity index (χ3n) is 10.8. The molecule has 4 amide bonds. The van der Waals surface area contributed by atoms with Crippen LogP contribution in [0.25, 0.3) is 0 Å². The molecule has 0 saturated carbocycles. The van der Waals surface area contributed by atoms with E-state index >= 15 is 0 Å². The highest BCUT2D eigenvalue weighted by atomic mass is 16.3. The third-order valence-corrected chi connectivity index (χ3v) is 10.8. The summed E-state index contributed by atoms with van der Waals surface area (Å²) in [5, 5.41) is 26.9. The van der Waals surface area contributed by atoms with Gasteiger partial charge in [0, 0.05) is 0 Å². The quantitative estimate of drug-likeness (QED) is 0.103. The fraction of sp³-hybridized carbons (Fsp3) is 0.115. The Bertz CT molecular complexity index is 2420. The van der Waals surface area contributed by atoms with Gasteiger partial charge < -0.3 is 10.2 Å². The first-order valence-electron chi connectivity index (χ1n) is 20.0. The fourth-order valence-electron chi connectivity index (χ4n) is 7.12. The van der Waals surface area contributed by atoms with E-state index in [1.54, 1.807) is 170 Å². The highest BCUT2D eigenvalue weighted by molar-refractivity contribution is 6.18. The van der Waals surface area contributed by atoms with Gasteiger partial charge in [0.1, 0.15) is 0 Å². The number of amides is 4. The highest BCUT2D eigenvalue weighted by Crippen LogP contribution is 2.34. The second kappa shape index (κ2) is 17.9. The summed E-state index contributed by atoms with van der Waals surface area (Å²) in [5.74, 6) is -3.51. The van der Waals surface area contributed by atoms with E-state index in [9.17, 15) is 29.4 Å². The monoisotopic (exact) mass is 822 g/mol. The van der Waals surface area contributed by atoms with Gasteiger partial charge in [-0.15, -0.1) is 0 Å². The predicted molar refractivity (Wildman–Crippen MR) is 240 cm³/mol. The summed E-state index contributed by atoms with van der Waals surface area (Å²) < 4.78 is 0. The van der Waals surface area contributed by atoms with Crippen LogP contribution in [0.3, 0.4) is 0 Å². The number of aryl methyl sites for hydroxylation is 4. The van der Waals surface area contributed by atoms with Crippen LogP contribution < -0.4 is 20.9 Å². The van der Waals surface area contributed by atoms with Crippen LogP contribution in [0.4, 0.5) is 11.4 Å². The molecule has 0 heterocycles. The molecule has 7 aromatic rings. The number of para-hydroxylation sites is 2. The number of carbonyl (C=O) groups is 4. The van der Waals surface area contributed by atoms with E-state index in [1.807, 2.05) is 27.7 Å². The molecule has 0 fully saturated rings. The van der Waals surface area contributed by atoms with Gasteiger partial charge in [-0.2, -0.15) is 0 Å². The van der Waals surface area contributed by atoms with Crippen LogP contribution in [0.2, 0.25) is 0 Å². The number of carbonyl (C=O) groups excluding carboxylic acids is 4. The Morgan fingerprint density at radius 2 is 0.613 bits per heavy atom. The average Bonchev–Trinajstić information content (AvgIpc) is 3.30. The highest BCUT2D eigenvalue weighted by Gasteiger charge is 2.44. The van der Waals surface area contributed by atoms with Crippen molar-refractivity contribution in [1.29, 1.82) is 0 Å². The first kappa shape index (κ1) is 42.5. The Balaban J connectivity index is 1.29. The Labute approximate surface area is 360 Å². The molecule has 0 aliphatic heterocycles. The van der Waals surface area contributed by atoms with Gasteiger partial charge in [-0.05, 0) is 86.3 Å². The van der Waals surface area contributed by atoms with Crippen molar-refractivity contribution < 1.29 is 29.4 Å². The second-order valence-electron chi connectivity index (χ2n) is 15.3. The summed E-state index contributed by atoms with van der Waals surface area (Å²) >= 11 is 0. The minimum Gasteiger partial charge on any atom is -0.372 e. The van der Waals surface area contributed by atoms with Crippen LogP contribution in [-0.4, -0.2) is 33.8 Å². The molecule has 0 unspecified atom stereocenters. The SMILES string of the molecule is Cc1ccc(C(O)(C(=O)NN(C(=O)c2ccccc2C(=O)N(NC(=O)C(O)(c2ccc(C)cc2)c2ccc(C)cc2)c2ccccc2)c2ccccc2)c2ccc(C)cc2)cc1. The number of benzene rings is 7. The molecule has 7 rings (SSSR count). The van der Waals surface area contributed by atoms with Crippen LogP contribution >= 0.6 is 0 Å². The maximum Gasteiger partial charge on any atom is 0.280 e. The Morgan fingerprint density at radius 3 is 0.871 bits per heavy atom. The Kier molecular flexibility index (Phi) is 12.3. The van der Waals surface area contributed by atoms with Crippen LogP contribution in [-0.2, 0) is 20.8 Å². The summed E-state index contributed by atoms with van der Waals surface area (Å²) in [6, 6.07) is 50.1. The molecule has 0 radical (unpaired) electrons. The van der Waals surface area contributed by atoms with Crippen LogP contribution in [0, 0.1) is 27.7 Å². The molecule has 0 aliphatic carbocycles. The molecule has 310 valence electrons. The molecule has 0 aromatic heterocycles. The lowest BCUT2D eigenvalue weighted by Crippen LogP contribution is -2.56. The van der Waals surface area contributed by atoms with Crippen molar-refractivity contribution in [2.24, 2.45) is 0 Å². The van der Waals surface area contributed by atoms with Crippen LogP contribution in [0.1, 0.15) is 65.2 Å². The predicted octanol–water partition coefficient (Wildman–Crippen LogP) is 8.15. The molecular weight excluding hydrogens is 777 g/mol. The zero-order chi connectivity index (χ0) is 44.0. The molecule has 10 nitrogen and oxygen atoms in total. The van der Waals surface area contributed by atoms with E-state index < -0.39 is 34.8 Å². The normalized spacial score (nSPS) is 11.3. The first-order chi connectivity index (χ1) is 29.8. The second-order valence-corrected chi connectivity index (χ2v) is 15.3. The molecule has 0 spiro atoms. The van der Waals surface area contributed by atoms with Crippen molar-refractivity contribution in [2.75, 3.05) is 10.0 Å². The Hall–Kier alpha value is -7.66. The van der Waals surface area contributed by atoms with Gasteiger partial charge in [0.25, 0.3) is 23.6 Å². The fourth-order valence-corrected chi connectivity index (χ4v) is 7.12. The molecule has 7 aromatic carbocycles. The van der Waals surface area contributed by atoms with Crippen LogP contribution in [0.15, 0.2) is 182 Å². The third kappa shape index (κ3) is 8.51. The maximum absolute atomic E-state index is 15.0. The number of anilines is 2. The summed E-state index contributed by atoms with van der Waals surface area (Å²) in [6.45, 7) is 7.56. The number of hydrogen-bond donors (Lipinski definition) is 4. The topological polar surface area (TPSA) is 139 Å². The average molecular weight is 823 g/mol. The lowest BCUT2D eigenvalue weighted by atomic mass is 9.85. The van der Waals surface area contributed by atoms with Crippen molar-refractivity contribution >= 4 is 35.0 Å².